The molecule has 0 radical (unpaired) electrons. The van der Waals surface area contributed by atoms with E-state index in [4.69, 9.17) is 0 Å². The van der Waals surface area contributed by atoms with E-state index in [0.29, 0.717) is 17.6 Å². The Morgan fingerprint density at radius 2 is 1.36 bits per heavy atom. The summed E-state index contributed by atoms with van der Waals surface area (Å²) < 4.78 is 1.53. The molecule has 0 aliphatic heterocycles. The minimum atomic E-state index is -0.170. The summed E-state index contributed by atoms with van der Waals surface area (Å²) in [4.78, 5) is 29.0. The summed E-state index contributed by atoms with van der Waals surface area (Å²) in [5.74, 6) is -0.170. The van der Waals surface area contributed by atoms with Crippen LogP contribution >= 0.6 is 0 Å². The van der Waals surface area contributed by atoms with Crippen molar-refractivity contribution in [2.45, 2.75) is 34.2 Å². The van der Waals surface area contributed by atoms with Gasteiger partial charge in [0.15, 0.2) is 0 Å². The van der Waals surface area contributed by atoms with Crippen LogP contribution in [0.4, 0.5) is 0 Å². The van der Waals surface area contributed by atoms with Gasteiger partial charge in [-0.3, -0.25) is 9.59 Å². The summed E-state index contributed by atoms with van der Waals surface area (Å²) in [5, 5.41) is 1.47. The minimum Gasteiger partial charge on any atom is -0.336 e. The quantitative estimate of drug-likeness (QED) is 0.409. The molecule has 4 heteroatoms. The molecule has 168 valence electrons. The van der Waals surface area contributed by atoms with Crippen molar-refractivity contribution in [3.8, 4) is 11.1 Å². The molecule has 4 rings (SSSR count). The Labute approximate surface area is 195 Å². The van der Waals surface area contributed by atoms with E-state index < -0.39 is 0 Å². The molecule has 4 aromatic rings. The average Bonchev–Trinajstić information content (AvgIpc) is 2.78. The molecule has 0 aliphatic rings. The normalized spacial score (nSPS) is 11.1. The SMILES string of the molecule is Cc1cc2c(-c3c(C)cccc3C)c(C(=O)N(C)Cc3ccccc3)n(C)c(=O)c2cc1C. The lowest BCUT2D eigenvalue weighted by molar-refractivity contribution is 0.0775. The van der Waals surface area contributed by atoms with Gasteiger partial charge in [0.25, 0.3) is 11.5 Å². The molecule has 0 bridgehead atoms. The van der Waals surface area contributed by atoms with Crippen LogP contribution in [-0.4, -0.2) is 22.4 Å². The molecule has 0 spiro atoms. The summed E-state index contributed by atoms with van der Waals surface area (Å²) in [6, 6.07) is 20.0. The second kappa shape index (κ2) is 8.70. The Balaban J connectivity index is 2.05. The first-order valence-electron chi connectivity index (χ1n) is 11.2. The number of rotatable bonds is 4. The zero-order valence-corrected chi connectivity index (χ0v) is 20.2. The van der Waals surface area contributed by atoms with Crippen LogP contribution < -0.4 is 5.56 Å². The zero-order chi connectivity index (χ0) is 23.9. The van der Waals surface area contributed by atoms with Crippen molar-refractivity contribution in [2.24, 2.45) is 7.05 Å². The fraction of sp³-hybridized carbons (Fsp3) is 0.241. The molecule has 0 aliphatic carbocycles. The van der Waals surface area contributed by atoms with Gasteiger partial charge in [0.1, 0.15) is 5.69 Å². The fourth-order valence-electron chi connectivity index (χ4n) is 4.60. The second-order valence-electron chi connectivity index (χ2n) is 8.98. The molecule has 4 nitrogen and oxygen atoms in total. The van der Waals surface area contributed by atoms with E-state index in [1.165, 1.54) is 4.57 Å². The van der Waals surface area contributed by atoms with Gasteiger partial charge >= 0.3 is 0 Å². The molecule has 1 heterocycles. The van der Waals surface area contributed by atoms with E-state index in [-0.39, 0.29) is 11.5 Å². The van der Waals surface area contributed by atoms with Gasteiger partial charge in [-0.15, -0.1) is 0 Å². The molecule has 0 fully saturated rings. The van der Waals surface area contributed by atoms with E-state index in [9.17, 15) is 9.59 Å². The van der Waals surface area contributed by atoms with Crippen LogP contribution in [0.15, 0.2) is 65.5 Å². The topological polar surface area (TPSA) is 42.3 Å². The van der Waals surface area contributed by atoms with Gasteiger partial charge in [0.05, 0.1) is 0 Å². The molecule has 33 heavy (non-hydrogen) atoms. The molecular weight excluding hydrogens is 408 g/mol. The second-order valence-corrected chi connectivity index (χ2v) is 8.98. The molecule has 1 amide bonds. The Bertz CT molecular complexity index is 1410. The smallest absolute Gasteiger partial charge is 0.271 e. The number of hydrogen-bond donors (Lipinski definition) is 0. The number of benzene rings is 3. The van der Waals surface area contributed by atoms with Gasteiger partial charge in [-0.1, -0.05) is 54.6 Å². The minimum absolute atomic E-state index is 0.153. The monoisotopic (exact) mass is 438 g/mol. The summed E-state index contributed by atoms with van der Waals surface area (Å²) >= 11 is 0. The van der Waals surface area contributed by atoms with Crippen molar-refractivity contribution in [3.05, 3.63) is 105 Å². The Morgan fingerprint density at radius 1 is 0.788 bits per heavy atom. The first kappa shape index (κ1) is 22.5. The molecule has 0 unspecified atom stereocenters. The molecule has 0 N–H and O–H groups in total. The van der Waals surface area contributed by atoms with Crippen LogP contribution in [0.5, 0.6) is 0 Å². The molecule has 0 saturated heterocycles. The van der Waals surface area contributed by atoms with Crippen LogP contribution in [0.1, 0.15) is 38.3 Å². The van der Waals surface area contributed by atoms with E-state index in [2.05, 4.69) is 32.0 Å². The highest BCUT2D eigenvalue weighted by molar-refractivity contribution is 6.09. The first-order valence-corrected chi connectivity index (χ1v) is 11.2. The highest BCUT2D eigenvalue weighted by atomic mass is 16.2. The van der Waals surface area contributed by atoms with Crippen LogP contribution in [-0.2, 0) is 13.6 Å². The first-order chi connectivity index (χ1) is 15.7. The third-order valence-electron chi connectivity index (χ3n) is 6.55. The van der Waals surface area contributed by atoms with Gasteiger partial charge in [-0.2, -0.15) is 0 Å². The summed E-state index contributed by atoms with van der Waals surface area (Å²) in [6.07, 6.45) is 0. The Hall–Kier alpha value is -3.66. The lowest BCUT2D eigenvalue weighted by Gasteiger charge is -2.24. The molecule has 3 aromatic carbocycles. The number of aromatic nitrogens is 1. The largest absolute Gasteiger partial charge is 0.336 e. The summed E-state index contributed by atoms with van der Waals surface area (Å²) in [6.45, 7) is 8.64. The van der Waals surface area contributed by atoms with Crippen LogP contribution in [0.25, 0.3) is 21.9 Å². The van der Waals surface area contributed by atoms with Gasteiger partial charge < -0.3 is 9.47 Å². The third-order valence-corrected chi connectivity index (χ3v) is 6.55. The average molecular weight is 439 g/mol. The summed E-state index contributed by atoms with van der Waals surface area (Å²) in [7, 11) is 3.50. The number of amides is 1. The third kappa shape index (κ3) is 3.97. The van der Waals surface area contributed by atoms with Crippen LogP contribution in [0.3, 0.4) is 0 Å². The Kier molecular flexibility index (Phi) is 5.94. The van der Waals surface area contributed by atoms with Crippen molar-refractivity contribution in [1.82, 2.24) is 9.47 Å². The van der Waals surface area contributed by atoms with Gasteiger partial charge in [0, 0.05) is 31.6 Å². The molecular formula is C29H30N2O2. The maximum atomic E-state index is 13.9. The molecule has 1 aromatic heterocycles. The van der Waals surface area contributed by atoms with Crippen LogP contribution in [0.2, 0.25) is 0 Å². The Morgan fingerprint density at radius 3 is 1.97 bits per heavy atom. The maximum absolute atomic E-state index is 13.9. The van der Waals surface area contributed by atoms with Crippen molar-refractivity contribution < 1.29 is 4.79 Å². The van der Waals surface area contributed by atoms with E-state index >= 15 is 0 Å². The number of carbonyl (C=O) groups excluding carboxylic acids is 1. The summed E-state index contributed by atoms with van der Waals surface area (Å²) in [5.41, 5.74) is 7.46. The van der Waals surface area contributed by atoms with Gasteiger partial charge in [-0.25, -0.2) is 0 Å². The fourth-order valence-corrected chi connectivity index (χ4v) is 4.60. The van der Waals surface area contributed by atoms with Crippen molar-refractivity contribution in [1.29, 1.82) is 0 Å². The van der Waals surface area contributed by atoms with Crippen LogP contribution in [0, 0.1) is 27.7 Å². The number of hydrogen-bond acceptors (Lipinski definition) is 2. The lowest BCUT2D eigenvalue weighted by atomic mass is 9.89. The van der Waals surface area contributed by atoms with Gasteiger partial charge in [-0.05, 0) is 72.5 Å². The number of pyridine rings is 1. The van der Waals surface area contributed by atoms with E-state index in [1.54, 1.807) is 19.0 Å². The van der Waals surface area contributed by atoms with Crippen molar-refractivity contribution in [2.75, 3.05) is 7.05 Å². The molecule has 0 saturated carbocycles. The highest BCUT2D eigenvalue weighted by Crippen LogP contribution is 2.36. The number of nitrogens with zero attached hydrogens (tertiary/aromatic N) is 2. The number of aryl methyl sites for hydroxylation is 4. The highest BCUT2D eigenvalue weighted by Gasteiger charge is 2.26. The number of carbonyl (C=O) groups is 1. The van der Waals surface area contributed by atoms with Gasteiger partial charge in [0.2, 0.25) is 0 Å². The van der Waals surface area contributed by atoms with E-state index in [1.807, 2.05) is 56.3 Å². The lowest BCUT2D eigenvalue weighted by Crippen LogP contribution is -2.33. The predicted octanol–water partition coefficient (Wildman–Crippen LogP) is 5.71. The predicted molar refractivity (Wildman–Crippen MR) is 136 cm³/mol. The molecule has 0 atom stereocenters. The number of fused-ring (bicyclic) bond motifs is 1. The van der Waals surface area contributed by atoms with Crippen molar-refractivity contribution >= 4 is 16.7 Å². The van der Waals surface area contributed by atoms with Crippen molar-refractivity contribution in [3.63, 3.8) is 0 Å². The van der Waals surface area contributed by atoms with E-state index in [0.717, 1.165) is 44.3 Å². The zero-order valence-electron chi connectivity index (χ0n) is 20.2. The maximum Gasteiger partial charge on any atom is 0.271 e. The standard InChI is InChI=1S/C29H30N2O2/c1-18-11-10-12-19(2)25(18)26-23-15-20(3)21(4)16-24(23)28(32)31(6)27(26)29(33)30(5)17-22-13-8-7-9-14-22/h7-16H,17H2,1-6H3.